The Hall–Kier alpha value is -3.98. The van der Waals surface area contributed by atoms with Crippen LogP contribution in [0, 0.1) is 6.92 Å². The molecule has 0 atom stereocenters. The predicted molar refractivity (Wildman–Crippen MR) is 123 cm³/mol. The van der Waals surface area contributed by atoms with Gasteiger partial charge in [0.15, 0.2) is 0 Å². The number of hydrogen-bond acceptors (Lipinski definition) is 6. The van der Waals surface area contributed by atoms with Crippen molar-refractivity contribution in [1.82, 2.24) is 19.5 Å². The lowest BCUT2D eigenvalue weighted by molar-refractivity contribution is 0.0603. The number of fused-ring (bicyclic) bond motifs is 2. The third kappa shape index (κ3) is 3.46. The van der Waals surface area contributed by atoms with E-state index >= 15 is 0 Å². The monoisotopic (exact) mass is 460 g/mol. The van der Waals surface area contributed by atoms with Crippen LogP contribution in [0.5, 0.6) is 0 Å². The molecule has 0 aliphatic heterocycles. The average molecular weight is 461 g/mol. The Kier molecular flexibility index (Phi) is 4.98. The number of benzene rings is 2. The quantitative estimate of drug-likeness (QED) is 0.399. The lowest BCUT2D eigenvalue weighted by Crippen LogP contribution is -2.06. The number of imidazole rings is 1. The van der Waals surface area contributed by atoms with Crippen LogP contribution < -0.4 is 0 Å². The molecule has 5 rings (SSSR count). The molecule has 0 amide bonds. The van der Waals surface area contributed by atoms with E-state index in [-0.39, 0.29) is 15.4 Å². The lowest BCUT2D eigenvalue weighted by Gasteiger charge is -2.09. The van der Waals surface area contributed by atoms with Gasteiger partial charge in [0.2, 0.25) is 9.84 Å². The van der Waals surface area contributed by atoms with Gasteiger partial charge in [0, 0.05) is 29.8 Å². The van der Waals surface area contributed by atoms with Gasteiger partial charge < -0.3 is 14.3 Å². The van der Waals surface area contributed by atoms with E-state index in [1.54, 1.807) is 54.9 Å². The molecular formula is C24H20N4O4S. The summed E-state index contributed by atoms with van der Waals surface area (Å²) in [6.45, 7) is 2.47. The molecule has 0 fully saturated rings. The highest BCUT2D eigenvalue weighted by Crippen LogP contribution is 2.31. The number of aromatic amines is 1. The van der Waals surface area contributed by atoms with Gasteiger partial charge >= 0.3 is 5.97 Å². The van der Waals surface area contributed by atoms with Gasteiger partial charge in [-0.2, -0.15) is 0 Å². The van der Waals surface area contributed by atoms with Gasteiger partial charge in [-0.05, 0) is 42.8 Å². The molecule has 0 aliphatic rings. The first-order valence-electron chi connectivity index (χ1n) is 10.2. The number of esters is 1. The molecule has 0 spiro atoms. The number of ether oxygens (including phenoxy) is 1. The molecule has 1 N–H and O–H groups in total. The van der Waals surface area contributed by atoms with E-state index in [1.165, 1.54) is 13.3 Å². The van der Waals surface area contributed by atoms with E-state index in [4.69, 9.17) is 4.74 Å². The van der Waals surface area contributed by atoms with E-state index in [1.807, 2.05) is 13.0 Å². The Bertz CT molecular complexity index is 1620. The van der Waals surface area contributed by atoms with Crippen molar-refractivity contribution in [1.29, 1.82) is 0 Å². The van der Waals surface area contributed by atoms with Gasteiger partial charge in [0.25, 0.3) is 0 Å². The summed E-state index contributed by atoms with van der Waals surface area (Å²) in [6.07, 6.45) is 4.85. The van der Waals surface area contributed by atoms with Crippen LogP contribution in [-0.4, -0.2) is 41.0 Å². The largest absolute Gasteiger partial charge is 0.465 e. The normalized spacial score (nSPS) is 11.8. The topological polar surface area (TPSA) is 107 Å². The fourth-order valence-electron chi connectivity index (χ4n) is 4.03. The van der Waals surface area contributed by atoms with Gasteiger partial charge in [0.05, 0.1) is 34.2 Å². The summed E-state index contributed by atoms with van der Waals surface area (Å²) in [5.41, 5.74) is 3.46. The Morgan fingerprint density at radius 3 is 2.67 bits per heavy atom. The van der Waals surface area contributed by atoms with Crippen molar-refractivity contribution in [2.24, 2.45) is 0 Å². The second-order valence-electron chi connectivity index (χ2n) is 7.63. The first kappa shape index (κ1) is 20.9. The first-order valence-corrected chi connectivity index (χ1v) is 11.7. The van der Waals surface area contributed by atoms with E-state index in [0.717, 1.165) is 22.4 Å². The molecule has 3 heterocycles. The van der Waals surface area contributed by atoms with Gasteiger partial charge in [-0.15, -0.1) is 0 Å². The molecule has 3 aromatic heterocycles. The number of carbonyl (C=O) groups is 1. The third-order valence-electron chi connectivity index (χ3n) is 5.68. The van der Waals surface area contributed by atoms with Crippen molar-refractivity contribution < 1.29 is 17.9 Å². The summed E-state index contributed by atoms with van der Waals surface area (Å²) in [5, 5.41) is 0.322. The second-order valence-corrected chi connectivity index (χ2v) is 9.55. The SMILES string of the molecule is COC(=O)c1cccc2[nH]cc(S(=O)(=O)c3ccc(Cn4c(C)nc5cnccc54)cc3)c12. The Balaban J connectivity index is 1.52. The fraction of sp³-hybridized carbons (Fsp3) is 0.125. The summed E-state index contributed by atoms with van der Waals surface area (Å²) < 4.78 is 33.8. The molecule has 8 nitrogen and oxygen atoms in total. The molecule has 0 unspecified atom stereocenters. The minimum Gasteiger partial charge on any atom is -0.465 e. The molecule has 0 radical (unpaired) electrons. The summed E-state index contributed by atoms with van der Waals surface area (Å²) >= 11 is 0. The van der Waals surface area contributed by atoms with Crippen molar-refractivity contribution in [3.8, 4) is 0 Å². The third-order valence-corrected chi connectivity index (χ3v) is 7.47. The van der Waals surface area contributed by atoms with Crippen molar-refractivity contribution in [2.75, 3.05) is 7.11 Å². The molecule has 0 bridgehead atoms. The molecule has 0 aliphatic carbocycles. The number of nitrogens with zero attached hydrogens (tertiary/aromatic N) is 3. The average Bonchev–Trinajstić information content (AvgIpc) is 3.40. The number of hydrogen-bond donors (Lipinski definition) is 1. The van der Waals surface area contributed by atoms with Crippen molar-refractivity contribution in [3.05, 3.63) is 84.1 Å². The van der Waals surface area contributed by atoms with E-state index < -0.39 is 15.8 Å². The van der Waals surface area contributed by atoms with Gasteiger partial charge in [-0.25, -0.2) is 18.2 Å². The van der Waals surface area contributed by atoms with Crippen LogP contribution in [0.1, 0.15) is 21.7 Å². The highest BCUT2D eigenvalue weighted by Gasteiger charge is 2.25. The minimum absolute atomic E-state index is 0.0372. The van der Waals surface area contributed by atoms with Gasteiger partial charge in [-0.3, -0.25) is 4.98 Å². The van der Waals surface area contributed by atoms with Crippen LogP contribution in [0.3, 0.4) is 0 Å². The number of carbonyl (C=O) groups excluding carboxylic acids is 1. The zero-order valence-corrected chi connectivity index (χ0v) is 18.8. The Labute approximate surface area is 189 Å². The van der Waals surface area contributed by atoms with Crippen LogP contribution >= 0.6 is 0 Å². The van der Waals surface area contributed by atoms with Crippen molar-refractivity contribution in [2.45, 2.75) is 23.3 Å². The van der Waals surface area contributed by atoms with E-state index in [0.29, 0.717) is 17.4 Å². The molecule has 9 heteroatoms. The van der Waals surface area contributed by atoms with Crippen LogP contribution in [-0.2, 0) is 21.1 Å². The van der Waals surface area contributed by atoms with Crippen LogP contribution in [0.15, 0.2) is 76.9 Å². The lowest BCUT2D eigenvalue weighted by atomic mass is 10.1. The number of aromatic nitrogens is 4. The molecule has 0 saturated carbocycles. The highest BCUT2D eigenvalue weighted by molar-refractivity contribution is 7.91. The number of methoxy groups -OCH3 is 1. The number of sulfone groups is 1. The summed E-state index contributed by atoms with van der Waals surface area (Å²) in [5.74, 6) is 0.258. The van der Waals surface area contributed by atoms with E-state index in [2.05, 4.69) is 19.5 Å². The molecular weight excluding hydrogens is 440 g/mol. The molecule has 0 saturated heterocycles. The number of rotatable bonds is 5. The Morgan fingerprint density at radius 1 is 1.12 bits per heavy atom. The maximum absolute atomic E-state index is 13.4. The zero-order chi connectivity index (χ0) is 23.2. The molecule has 33 heavy (non-hydrogen) atoms. The summed E-state index contributed by atoms with van der Waals surface area (Å²) in [4.78, 5) is 24.0. The number of aryl methyl sites for hydroxylation is 1. The fourth-order valence-corrected chi connectivity index (χ4v) is 5.48. The maximum Gasteiger partial charge on any atom is 0.338 e. The Morgan fingerprint density at radius 2 is 1.91 bits per heavy atom. The molecule has 5 aromatic rings. The van der Waals surface area contributed by atoms with Crippen LogP contribution in [0.4, 0.5) is 0 Å². The summed E-state index contributed by atoms with van der Waals surface area (Å²) in [7, 11) is -2.61. The molecule has 2 aromatic carbocycles. The smallest absolute Gasteiger partial charge is 0.338 e. The standard InChI is InChI=1S/C24H20N4O4S/c1-15-27-20-12-25-11-10-21(20)28(15)14-16-6-8-17(9-7-16)33(30,31)22-13-26-19-5-3-4-18(23(19)22)24(29)32-2/h3-13,26H,14H2,1-2H3. The number of H-pyrrole nitrogens is 1. The van der Waals surface area contributed by atoms with Gasteiger partial charge in [-0.1, -0.05) is 18.2 Å². The second kappa shape index (κ2) is 7.86. The predicted octanol–water partition coefficient (Wildman–Crippen LogP) is 3.89. The van der Waals surface area contributed by atoms with Crippen molar-refractivity contribution >= 4 is 37.7 Å². The zero-order valence-electron chi connectivity index (χ0n) is 17.9. The number of pyridine rings is 1. The van der Waals surface area contributed by atoms with E-state index in [9.17, 15) is 13.2 Å². The van der Waals surface area contributed by atoms with Crippen molar-refractivity contribution in [3.63, 3.8) is 0 Å². The maximum atomic E-state index is 13.4. The minimum atomic E-state index is -3.87. The first-order chi connectivity index (χ1) is 15.9. The van der Waals surface area contributed by atoms with Gasteiger partial charge in [0.1, 0.15) is 11.3 Å². The van der Waals surface area contributed by atoms with Crippen LogP contribution in [0.2, 0.25) is 0 Å². The summed E-state index contributed by atoms with van der Waals surface area (Å²) in [6, 6.07) is 13.6. The molecule has 166 valence electrons. The highest BCUT2D eigenvalue weighted by atomic mass is 32.2. The number of nitrogens with one attached hydrogen (secondary N) is 1. The van der Waals surface area contributed by atoms with Crippen LogP contribution in [0.25, 0.3) is 21.9 Å².